The van der Waals surface area contributed by atoms with Gasteiger partial charge in [0.1, 0.15) is 11.6 Å². The summed E-state index contributed by atoms with van der Waals surface area (Å²) in [7, 11) is -3.21. The van der Waals surface area contributed by atoms with Crippen molar-refractivity contribution in [1.29, 1.82) is 5.26 Å². The molecule has 1 N–H and O–H groups in total. The largest absolute Gasteiger partial charge is 0.354 e. The van der Waals surface area contributed by atoms with Crippen molar-refractivity contribution in [3.8, 4) is 17.5 Å². The van der Waals surface area contributed by atoms with Gasteiger partial charge in [-0.15, -0.1) is 0 Å². The van der Waals surface area contributed by atoms with E-state index in [1.807, 2.05) is 30.3 Å². The number of nitriles is 1. The minimum absolute atomic E-state index is 0.208. The molecule has 0 bridgehead atoms. The van der Waals surface area contributed by atoms with Crippen LogP contribution < -0.4 is 10.2 Å². The Morgan fingerprint density at radius 2 is 1.76 bits per heavy atom. The lowest BCUT2D eigenvalue weighted by molar-refractivity contribution is 0.387. The van der Waals surface area contributed by atoms with E-state index in [-0.39, 0.29) is 5.82 Å². The van der Waals surface area contributed by atoms with E-state index >= 15 is 0 Å². The van der Waals surface area contributed by atoms with Gasteiger partial charge in [-0.3, -0.25) is 0 Å². The number of piperazine rings is 1. The van der Waals surface area contributed by atoms with Crippen LogP contribution in [0.5, 0.6) is 0 Å². The third kappa shape index (κ3) is 6.35. The zero-order valence-electron chi connectivity index (χ0n) is 21.3. The van der Waals surface area contributed by atoms with E-state index in [0.29, 0.717) is 49.5 Å². The van der Waals surface area contributed by atoms with E-state index < -0.39 is 10.0 Å². The van der Waals surface area contributed by atoms with Crippen molar-refractivity contribution in [2.24, 2.45) is 0 Å². The molecule has 1 aromatic heterocycles. The Hall–Kier alpha value is -3.39. The minimum atomic E-state index is -3.21. The maximum absolute atomic E-state index is 13.2. The Balaban J connectivity index is 1.25. The Bertz CT molecular complexity index is 1420. The predicted octanol–water partition coefficient (Wildman–Crippen LogP) is 3.31. The number of nitrogens with one attached hydrogen (secondary N) is 1. The number of halogens is 1. The third-order valence-corrected chi connectivity index (χ3v) is 8.48. The van der Waals surface area contributed by atoms with Gasteiger partial charge in [0.05, 0.1) is 17.9 Å². The van der Waals surface area contributed by atoms with Crippen LogP contribution in [-0.2, 0) is 16.4 Å². The molecule has 198 valence electrons. The lowest BCUT2D eigenvalue weighted by Crippen LogP contribution is -2.48. The van der Waals surface area contributed by atoms with Crippen molar-refractivity contribution < 1.29 is 12.8 Å². The van der Waals surface area contributed by atoms with E-state index in [2.05, 4.69) is 16.3 Å². The molecule has 1 aliphatic heterocycles. The smallest absolute Gasteiger partial charge is 0.211 e. The highest BCUT2D eigenvalue weighted by molar-refractivity contribution is 7.88. The molecule has 38 heavy (non-hydrogen) atoms. The number of hydrogen-bond donors (Lipinski definition) is 1. The van der Waals surface area contributed by atoms with E-state index in [9.17, 15) is 12.8 Å². The molecule has 0 spiro atoms. The maximum atomic E-state index is 13.2. The number of anilines is 1. The molecular weight excluding hydrogens is 503 g/mol. The highest BCUT2D eigenvalue weighted by atomic mass is 32.2. The molecule has 0 radical (unpaired) electrons. The number of aryl methyl sites for hydroxylation is 1. The SMILES string of the molecule is CS(=O)(=O)N1CCN(c2cc(CCCN[C@@H]3C[C@H]3c3ccc(F)cc3)nc(-c3ccc(C#N)cc3)n2)CC1. The number of rotatable bonds is 9. The lowest BCUT2D eigenvalue weighted by atomic mass is 10.1. The highest BCUT2D eigenvalue weighted by Crippen LogP contribution is 2.40. The second kappa shape index (κ2) is 11.2. The molecule has 2 aromatic carbocycles. The number of nitrogens with zero attached hydrogens (tertiary/aromatic N) is 5. The van der Waals surface area contributed by atoms with Gasteiger partial charge in [0.25, 0.3) is 0 Å². The summed E-state index contributed by atoms with van der Waals surface area (Å²) in [5.74, 6) is 1.61. The Morgan fingerprint density at radius 1 is 1.05 bits per heavy atom. The van der Waals surface area contributed by atoms with Gasteiger partial charge in [-0.05, 0) is 67.8 Å². The van der Waals surface area contributed by atoms with Crippen molar-refractivity contribution in [3.05, 3.63) is 77.2 Å². The van der Waals surface area contributed by atoms with Crippen LogP contribution in [0.15, 0.2) is 54.6 Å². The van der Waals surface area contributed by atoms with Gasteiger partial charge in [0.2, 0.25) is 10.0 Å². The summed E-state index contributed by atoms with van der Waals surface area (Å²) in [6.45, 7) is 2.81. The number of aromatic nitrogens is 2. The zero-order valence-corrected chi connectivity index (χ0v) is 22.2. The van der Waals surface area contributed by atoms with Crippen LogP contribution in [0.4, 0.5) is 10.2 Å². The number of sulfonamides is 1. The molecule has 5 rings (SSSR count). The van der Waals surface area contributed by atoms with Crippen LogP contribution in [0.3, 0.4) is 0 Å². The normalized spacial score (nSPS) is 19.8. The molecule has 0 unspecified atom stereocenters. The molecule has 2 aliphatic rings. The summed E-state index contributed by atoms with van der Waals surface area (Å²) < 4.78 is 38.5. The fourth-order valence-corrected chi connectivity index (χ4v) is 5.73. The zero-order chi connectivity index (χ0) is 26.7. The Kier molecular flexibility index (Phi) is 7.70. The van der Waals surface area contributed by atoms with Gasteiger partial charge in [-0.1, -0.05) is 12.1 Å². The molecule has 1 saturated carbocycles. The first-order valence-electron chi connectivity index (χ1n) is 12.9. The summed E-state index contributed by atoms with van der Waals surface area (Å²) in [5, 5.41) is 12.7. The first-order valence-corrected chi connectivity index (χ1v) is 14.7. The summed E-state index contributed by atoms with van der Waals surface area (Å²) >= 11 is 0. The van der Waals surface area contributed by atoms with Crippen LogP contribution >= 0.6 is 0 Å². The summed E-state index contributed by atoms with van der Waals surface area (Å²) in [5.41, 5.74) is 3.51. The van der Waals surface area contributed by atoms with Crippen LogP contribution in [0.1, 0.15) is 35.6 Å². The van der Waals surface area contributed by atoms with Gasteiger partial charge in [0.15, 0.2) is 5.82 Å². The third-order valence-electron chi connectivity index (χ3n) is 7.17. The van der Waals surface area contributed by atoms with E-state index in [4.69, 9.17) is 15.2 Å². The molecular formula is C28H31FN6O2S. The van der Waals surface area contributed by atoms with Gasteiger partial charge >= 0.3 is 0 Å². The van der Waals surface area contributed by atoms with Crippen LogP contribution in [0.2, 0.25) is 0 Å². The minimum Gasteiger partial charge on any atom is -0.354 e. The van der Waals surface area contributed by atoms with Gasteiger partial charge in [-0.25, -0.2) is 22.8 Å². The fraction of sp³-hybridized carbons (Fsp3) is 0.393. The van der Waals surface area contributed by atoms with Gasteiger partial charge < -0.3 is 10.2 Å². The molecule has 2 heterocycles. The quantitative estimate of drug-likeness (QED) is 0.420. The topological polar surface area (TPSA) is 102 Å². The summed E-state index contributed by atoms with van der Waals surface area (Å²) in [4.78, 5) is 11.7. The highest BCUT2D eigenvalue weighted by Gasteiger charge is 2.37. The van der Waals surface area contributed by atoms with Crippen molar-refractivity contribution in [3.63, 3.8) is 0 Å². The fourth-order valence-electron chi connectivity index (χ4n) is 4.90. The van der Waals surface area contributed by atoms with Crippen molar-refractivity contribution in [2.45, 2.75) is 31.2 Å². The molecule has 3 aromatic rings. The monoisotopic (exact) mass is 534 g/mol. The molecule has 1 aliphatic carbocycles. The second-order valence-electron chi connectivity index (χ2n) is 9.94. The average molecular weight is 535 g/mol. The number of hydrogen-bond acceptors (Lipinski definition) is 7. The van der Waals surface area contributed by atoms with E-state index in [0.717, 1.165) is 42.9 Å². The maximum Gasteiger partial charge on any atom is 0.211 e. The number of benzene rings is 2. The van der Waals surface area contributed by atoms with Crippen LogP contribution in [-0.4, -0.2) is 67.7 Å². The Labute approximate surface area is 223 Å². The van der Waals surface area contributed by atoms with Gasteiger partial charge in [0, 0.05) is 55.5 Å². The molecule has 8 nitrogen and oxygen atoms in total. The van der Waals surface area contributed by atoms with Crippen LogP contribution in [0, 0.1) is 17.1 Å². The van der Waals surface area contributed by atoms with Crippen molar-refractivity contribution in [2.75, 3.05) is 43.9 Å². The first kappa shape index (κ1) is 26.2. The van der Waals surface area contributed by atoms with E-state index in [1.54, 1.807) is 12.1 Å². The van der Waals surface area contributed by atoms with Crippen LogP contribution in [0.25, 0.3) is 11.4 Å². The summed E-state index contributed by atoms with van der Waals surface area (Å²) in [6, 6.07) is 18.5. The molecule has 10 heteroatoms. The van der Waals surface area contributed by atoms with Crippen molar-refractivity contribution >= 4 is 15.8 Å². The molecule has 2 atom stereocenters. The summed E-state index contributed by atoms with van der Waals surface area (Å²) in [6.07, 6.45) is 3.97. The molecule has 1 saturated heterocycles. The Morgan fingerprint density at radius 3 is 2.42 bits per heavy atom. The van der Waals surface area contributed by atoms with Gasteiger partial charge in [-0.2, -0.15) is 9.57 Å². The van der Waals surface area contributed by atoms with E-state index in [1.165, 1.54) is 28.3 Å². The molecule has 2 fully saturated rings. The second-order valence-corrected chi connectivity index (χ2v) is 11.9. The predicted molar refractivity (Wildman–Crippen MR) is 145 cm³/mol. The lowest BCUT2D eigenvalue weighted by Gasteiger charge is -2.34. The molecule has 0 amide bonds. The average Bonchev–Trinajstić information content (AvgIpc) is 3.70. The first-order chi connectivity index (χ1) is 18.3. The van der Waals surface area contributed by atoms with Crippen molar-refractivity contribution in [1.82, 2.24) is 19.6 Å². The standard InChI is InChI=1S/C28H31FN6O2S/c1-38(36,37)35-15-13-34(14-16-35)27-17-24(32-28(33-27)22-6-4-20(19-30)5-7-22)3-2-12-31-26-18-25(26)21-8-10-23(29)11-9-21/h4-11,17,25-26,31H,2-3,12-16,18H2,1H3/t25-,26+/m0/s1.